The van der Waals surface area contributed by atoms with Gasteiger partial charge in [0.15, 0.2) is 5.65 Å². The van der Waals surface area contributed by atoms with Crippen LogP contribution in [0.5, 0.6) is 0 Å². The number of aliphatic hydroxyl groups excluding tert-OH is 1. The maximum Gasteiger partial charge on any atom is 0.225 e. The summed E-state index contributed by atoms with van der Waals surface area (Å²) >= 11 is 12.4. The molecule has 3 heterocycles. The number of imidazole rings is 1. The Hall–Kier alpha value is -2.66. The molecule has 1 aliphatic carbocycles. The second kappa shape index (κ2) is 9.53. The molecule has 0 unspecified atom stereocenters. The number of nitrogens with zero attached hydrogens (tertiary/aromatic N) is 4. The first-order valence-corrected chi connectivity index (χ1v) is 11.9. The van der Waals surface area contributed by atoms with E-state index in [1.54, 1.807) is 24.4 Å². The Morgan fingerprint density at radius 2 is 1.97 bits per heavy atom. The highest BCUT2D eigenvalue weighted by Gasteiger charge is 2.30. The summed E-state index contributed by atoms with van der Waals surface area (Å²) in [6.07, 6.45) is 3.92. The van der Waals surface area contributed by atoms with Gasteiger partial charge in [0.2, 0.25) is 17.8 Å². The third-order valence-electron chi connectivity index (χ3n) is 6.44. The Bertz CT molecular complexity index is 1210. The molecule has 1 saturated heterocycles. The summed E-state index contributed by atoms with van der Waals surface area (Å²) in [6, 6.07) is 4.96. The van der Waals surface area contributed by atoms with Gasteiger partial charge in [-0.25, -0.2) is 9.97 Å². The maximum atomic E-state index is 11.7. The van der Waals surface area contributed by atoms with E-state index in [2.05, 4.69) is 15.6 Å². The average molecular weight is 506 g/mol. The molecule has 1 aromatic carbocycles. The fraction of sp³-hybridized carbons (Fsp3) is 0.455. The van der Waals surface area contributed by atoms with Crippen LogP contribution in [0.15, 0.2) is 24.4 Å². The number of benzene rings is 1. The molecule has 180 valence electrons. The first-order valence-electron chi connectivity index (χ1n) is 11.2. The number of aliphatic hydroxyl groups is 1. The van der Waals surface area contributed by atoms with E-state index >= 15 is 0 Å². The number of fused-ring (bicyclic) bond motifs is 1. The van der Waals surface area contributed by atoms with Gasteiger partial charge in [0.1, 0.15) is 5.52 Å². The minimum Gasteiger partial charge on any atom is -0.388 e. The van der Waals surface area contributed by atoms with E-state index in [0.29, 0.717) is 58.2 Å². The summed E-state index contributed by atoms with van der Waals surface area (Å²) in [7, 11) is 0. The summed E-state index contributed by atoms with van der Waals surface area (Å²) < 4.78 is 7.35. The summed E-state index contributed by atoms with van der Waals surface area (Å²) in [5.74, 6) is 0.567. The summed E-state index contributed by atoms with van der Waals surface area (Å²) in [5, 5.41) is 17.5. The van der Waals surface area contributed by atoms with Gasteiger partial charge >= 0.3 is 0 Å². The molecule has 34 heavy (non-hydrogen) atoms. The minimum absolute atomic E-state index is 0.0531. The molecular weight excluding hydrogens is 481 g/mol. The third kappa shape index (κ3) is 4.63. The van der Waals surface area contributed by atoms with Gasteiger partial charge in [-0.3, -0.25) is 9.36 Å². The second-order valence-corrected chi connectivity index (χ2v) is 9.56. The van der Waals surface area contributed by atoms with Gasteiger partial charge < -0.3 is 26.2 Å². The largest absolute Gasteiger partial charge is 0.388 e. The van der Waals surface area contributed by atoms with Crippen LogP contribution in [0.3, 0.4) is 0 Å². The van der Waals surface area contributed by atoms with Crippen LogP contribution in [0.25, 0.3) is 11.2 Å². The topological polar surface area (TPSA) is 140 Å². The molecular formula is C22H25Cl2N7O3. The number of nitrogens with two attached hydrogens (primary N) is 1. The Balaban J connectivity index is 1.51. The molecule has 1 aliphatic heterocycles. The molecule has 2 aliphatic rings. The van der Waals surface area contributed by atoms with Crippen molar-refractivity contribution in [2.75, 3.05) is 23.8 Å². The third-order valence-corrected chi connectivity index (χ3v) is 6.99. The number of anilines is 3. The van der Waals surface area contributed by atoms with Crippen molar-refractivity contribution in [1.82, 2.24) is 19.5 Å². The van der Waals surface area contributed by atoms with Crippen molar-refractivity contribution >= 4 is 57.9 Å². The normalized spacial score (nSPS) is 24.9. The molecule has 2 aromatic heterocycles. The number of nitrogens with one attached hydrogen (secondary N) is 2. The zero-order valence-electron chi connectivity index (χ0n) is 18.2. The lowest BCUT2D eigenvalue weighted by molar-refractivity contribution is -0.122. The van der Waals surface area contributed by atoms with Gasteiger partial charge in [0.05, 0.1) is 42.3 Å². The van der Waals surface area contributed by atoms with E-state index in [9.17, 15) is 9.90 Å². The van der Waals surface area contributed by atoms with E-state index in [1.807, 2.05) is 4.57 Å². The van der Waals surface area contributed by atoms with Crippen molar-refractivity contribution in [3.8, 4) is 0 Å². The van der Waals surface area contributed by atoms with Crippen molar-refractivity contribution in [2.24, 2.45) is 11.7 Å². The fourth-order valence-electron chi connectivity index (χ4n) is 4.57. The summed E-state index contributed by atoms with van der Waals surface area (Å²) in [5.41, 5.74) is 7.44. The molecule has 2 atom stereocenters. The van der Waals surface area contributed by atoms with Crippen LogP contribution in [-0.4, -0.2) is 55.9 Å². The molecule has 2 fully saturated rings. The SMILES string of the molecule is NC(=O)[C@H]1CC[C@H](n2c(Nc3ccc(Cl)cc3Cl)nc3cnc(N[C@H]4COC[C@@H]4O)nc32)CC1. The molecule has 0 spiro atoms. The molecule has 12 heteroatoms. The smallest absolute Gasteiger partial charge is 0.225 e. The Labute approximate surface area is 205 Å². The van der Waals surface area contributed by atoms with Gasteiger partial charge in [-0.15, -0.1) is 0 Å². The number of hydrogen-bond acceptors (Lipinski definition) is 8. The van der Waals surface area contributed by atoms with Crippen molar-refractivity contribution < 1.29 is 14.6 Å². The number of halogens is 2. The average Bonchev–Trinajstić information content (AvgIpc) is 3.38. The molecule has 5 N–H and O–H groups in total. The van der Waals surface area contributed by atoms with E-state index in [-0.39, 0.29) is 30.5 Å². The molecule has 1 saturated carbocycles. The van der Waals surface area contributed by atoms with Crippen LogP contribution in [0.4, 0.5) is 17.6 Å². The standard InChI is InChI=1S/C22H25Cl2N7O3/c23-12-3-6-15(14(24)7-12)28-22-29-16-8-26-21(27-17-9-34-10-18(17)32)30-20(16)31(22)13-4-1-11(2-5-13)19(25)33/h3,6-8,11,13,17-18,32H,1-2,4-5,9-10H2,(H2,25,33)(H,28,29)(H,26,27,30)/t11-,13-,17-,18-/m0/s1. The lowest BCUT2D eigenvalue weighted by atomic mass is 9.85. The molecule has 0 radical (unpaired) electrons. The zero-order chi connectivity index (χ0) is 23.8. The number of rotatable bonds is 6. The van der Waals surface area contributed by atoms with E-state index in [4.69, 9.17) is 43.6 Å². The van der Waals surface area contributed by atoms with Crippen LogP contribution < -0.4 is 16.4 Å². The van der Waals surface area contributed by atoms with Gasteiger partial charge in [0.25, 0.3) is 0 Å². The first kappa shape index (κ1) is 23.1. The molecule has 5 rings (SSSR count). The quantitative estimate of drug-likeness (QED) is 0.400. The lowest BCUT2D eigenvalue weighted by Crippen LogP contribution is -2.32. The maximum absolute atomic E-state index is 11.7. The Morgan fingerprint density at radius 3 is 2.65 bits per heavy atom. The van der Waals surface area contributed by atoms with Gasteiger partial charge in [-0.1, -0.05) is 23.2 Å². The van der Waals surface area contributed by atoms with Crippen LogP contribution in [0.2, 0.25) is 10.0 Å². The summed E-state index contributed by atoms with van der Waals surface area (Å²) in [6.45, 7) is 0.650. The lowest BCUT2D eigenvalue weighted by Gasteiger charge is -2.29. The Morgan fingerprint density at radius 1 is 1.18 bits per heavy atom. The highest BCUT2D eigenvalue weighted by Crippen LogP contribution is 2.38. The van der Waals surface area contributed by atoms with Gasteiger partial charge in [-0.2, -0.15) is 4.98 Å². The van der Waals surface area contributed by atoms with Gasteiger partial charge in [0, 0.05) is 17.0 Å². The van der Waals surface area contributed by atoms with Crippen molar-refractivity contribution in [2.45, 2.75) is 43.9 Å². The fourth-order valence-corrected chi connectivity index (χ4v) is 5.03. The van der Waals surface area contributed by atoms with Crippen LogP contribution in [0.1, 0.15) is 31.7 Å². The Kier molecular flexibility index (Phi) is 6.48. The van der Waals surface area contributed by atoms with Crippen molar-refractivity contribution in [1.29, 1.82) is 0 Å². The molecule has 3 aromatic rings. The first-order chi connectivity index (χ1) is 16.4. The number of carbonyl (C=O) groups excluding carboxylic acids is 1. The number of primary amides is 1. The molecule has 1 amide bonds. The second-order valence-electron chi connectivity index (χ2n) is 8.72. The van der Waals surface area contributed by atoms with Gasteiger partial charge in [-0.05, 0) is 43.9 Å². The minimum atomic E-state index is -0.627. The number of ether oxygens (including phenoxy) is 1. The molecule has 0 bridgehead atoms. The van der Waals surface area contributed by atoms with Crippen molar-refractivity contribution in [3.63, 3.8) is 0 Å². The number of amides is 1. The number of aromatic nitrogens is 4. The highest BCUT2D eigenvalue weighted by atomic mass is 35.5. The van der Waals surface area contributed by atoms with E-state index in [1.165, 1.54) is 0 Å². The summed E-state index contributed by atoms with van der Waals surface area (Å²) in [4.78, 5) is 25.5. The molecule has 10 nitrogen and oxygen atoms in total. The van der Waals surface area contributed by atoms with Crippen molar-refractivity contribution in [3.05, 3.63) is 34.4 Å². The predicted molar refractivity (Wildman–Crippen MR) is 129 cm³/mol. The van der Waals surface area contributed by atoms with Crippen LogP contribution in [-0.2, 0) is 9.53 Å². The zero-order valence-corrected chi connectivity index (χ0v) is 19.8. The van der Waals surface area contributed by atoms with E-state index in [0.717, 1.165) is 12.8 Å². The highest BCUT2D eigenvalue weighted by molar-refractivity contribution is 6.36. The number of hydrogen-bond donors (Lipinski definition) is 4. The number of carbonyl (C=O) groups is 1. The van der Waals surface area contributed by atoms with Crippen LogP contribution in [0, 0.1) is 5.92 Å². The van der Waals surface area contributed by atoms with Crippen LogP contribution >= 0.6 is 23.2 Å². The predicted octanol–water partition coefficient (Wildman–Crippen LogP) is 3.26. The monoisotopic (exact) mass is 505 g/mol. The van der Waals surface area contributed by atoms with E-state index < -0.39 is 6.10 Å².